The molecule has 0 unspecified atom stereocenters. The normalized spacial score (nSPS) is 19.0. The monoisotopic (exact) mass is 376 g/mol. The summed E-state index contributed by atoms with van der Waals surface area (Å²) in [5.74, 6) is -0.787. The van der Waals surface area contributed by atoms with Gasteiger partial charge in [0, 0.05) is 36.5 Å². The Kier molecular flexibility index (Phi) is 5.50. The molecule has 0 bridgehead atoms. The third-order valence-electron chi connectivity index (χ3n) is 5.08. The van der Waals surface area contributed by atoms with Crippen LogP contribution in [-0.4, -0.2) is 39.5 Å². The SMILES string of the molecule is O=C(O)[C@@H]1C[C@H](NCc2cn(Cc3ccccc3)nc2-c2ccccc2)CN1. The zero-order valence-corrected chi connectivity index (χ0v) is 15.6. The van der Waals surface area contributed by atoms with E-state index in [0.717, 1.165) is 16.8 Å². The molecule has 2 atom stereocenters. The van der Waals surface area contributed by atoms with E-state index >= 15 is 0 Å². The molecule has 0 radical (unpaired) electrons. The van der Waals surface area contributed by atoms with Crippen molar-refractivity contribution in [3.63, 3.8) is 0 Å². The van der Waals surface area contributed by atoms with E-state index in [-0.39, 0.29) is 6.04 Å². The molecule has 2 aromatic carbocycles. The number of nitrogens with zero attached hydrogens (tertiary/aromatic N) is 2. The number of carbonyl (C=O) groups is 1. The van der Waals surface area contributed by atoms with Crippen molar-refractivity contribution in [2.24, 2.45) is 0 Å². The minimum Gasteiger partial charge on any atom is -0.480 e. The number of rotatable bonds is 7. The Hall–Kier alpha value is -2.96. The van der Waals surface area contributed by atoms with Crippen LogP contribution >= 0.6 is 0 Å². The van der Waals surface area contributed by atoms with Gasteiger partial charge in [0.1, 0.15) is 6.04 Å². The summed E-state index contributed by atoms with van der Waals surface area (Å²) in [4.78, 5) is 11.1. The smallest absolute Gasteiger partial charge is 0.320 e. The van der Waals surface area contributed by atoms with E-state index in [4.69, 9.17) is 10.2 Å². The molecule has 3 aromatic rings. The Bertz CT molecular complexity index is 924. The highest BCUT2D eigenvalue weighted by Gasteiger charge is 2.28. The Labute approximate surface area is 164 Å². The standard InChI is InChI=1S/C22H24N4O2/c27-22(28)20-11-19(13-24-20)23-12-18-15-26(14-16-7-3-1-4-8-16)25-21(18)17-9-5-2-6-10-17/h1-10,15,19-20,23-24H,11-14H2,(H,27,28)/t19-,20-/m0/s1. The molecule has 144 valence electrons. The van der Waals surface area contributed by atoms with Crippen molar-refractivity contribution in [1.82, 2.24) is 20.4 Å². The largest absolute Gasteiger partial charge is 0.480 e. The first-order valence-corrected chi connectivity index (χ1v) is 9.54. The van der Waals surface area contributed by atoms with Gasteiger partial charge in [0.15, 0.2) is 0 Å². The molecule has 1 aromatic heterocycles. The Morgan fingerprint density at radius 1 is 1.14 bits per heavy atom. The van der Waals surface area contributed by atoms with Crippen LogP contribution in [0.15, 0.2) is 66.9 Å². The number of aromatic nitrogens is 2. The summed E-state index contributed by atoms with van der Waals surface area (Å²) in [5.41, 5.74) is 4.36. The maximum Gasteiger partial charge on any atom is 0.320 e. The van der Waals surface area contributed by atoms with Gasteiger partial charge < -0.3 is 15.7 Å². The predicted octanol–water partition coefficient (Wildman–Crippen LogP) is 2.50. The topological polar surface area (TPSA) is 79.2 Å². The fourth-order valence-electron chi connectivity index (χ4n) is 3.62. The molecule has 0 spiro atoms. The molecule has 0 aliphatic carbocycles. The van der Waals surface area contributed by atoms with Gasteiger partial charge >= 0.3 is 5.97 Å². The summed E-state index contributed by atoms with van der Waals surface area (Å²) in [7, 11) is 0. The van der Waals surface area contributed by atoms with Gasteiger partial charge in [0.25, 0.3) is 0 Å². The van der Waals surface area contributed by atoms with Crippen molar-refractivity contribution in [1.29, 1.82) is 0 Å². The van der Waals surface area contributed by atoms with Crippen LogP contribution in [0.4, 0.5) is 0 Å². The van der Waals surface area contributed by atoms with Crippen LogP contribution in [0.1, 0.15) is 17.5 Å². The average Bonchev–Trinajstić information content (AvgIpc) is 3.35. The molecule has 1 aliphatic rings. The average molecular weight is 376 g/mol. The lowest BCUT2D eigenvalue weighted by Crippen LogP contribution is -2.30. The zero-order chi connectivity index (χ0) is 19.3. The fourth-order valence-corrected chi connectivity index (χ4v) is 3.62. The molecule has 1 aliphatic heterocycles. The number of nitrogens with one attached hydrogen (secondary N) is 2. The van der Waals surface area contributed by atoms with E-state index in [9.17, 15) is 4.79 Å². The first-order valence-electron chi connectivity index (χ1n) is 9.54. The molecule has 0 saturated carbocycles. The molecule has 1 fully saturated rings. The molecule has 28 heavy (non-hydrogen) atoms. The van der Waals surface area contributed by atoms with Crippen LogP contribution in [0.2, 0.25) is 0 Å². The highest BCUT2D eigenvalue weighted by molar-refractivity contribution is 5.74. The number of benzene rings is 2. The molecule has 1 saturated heterocycles. The zero-order valence-electron chi connectivity index (χ0n) is 15.6. The fraction of sp³-hybridized carbons (Fsp3) is 0.273. The van der Waals surface area contributed by atoms with Gasteiger partial charge in [-0.15, -0.1) is 0 Å². The second kappa shape index (κ2) is 8.37. The van der Waals surface area contributed by atoms with E-state index in [0.29, 0.717) is 26.1 Å². The van der Waals surface area contributed by atoms with E-state index in [1.165, 1.54) is 5.56 Å². The summed E-state index contributed by atoms with van der Waals surface area (Å²) in [5, 5.41) is 20.5. The highest BCUT2D eigenvalue weighted by atomic mass is 16.4. The van der Waals surface area contributed by atoms with Crippen molar-refractivity contribution in [3.8, 4) is 11.3 Å². The number of hydrogen-bond acceptors (Lipinski definition) is 4. The van der Waals surface area contributed by atoms with Gasteiger partial charge in [0.2, 0.25) is 0 Å². The third kappa shape index (κ3) is 4.30. The second-order valence-corrected chi connectivity index (χ2v) is 7.16. The lowest BCUT2D eigenvalue weighted by molar-refractivity contribution is -0.139. The molecule has 6 heteroatoms. The second-order valence-electron chi connectivity index (χ2n) is 7.16. The van der Waals surface area contributed by atoms with Gasteiger partial charge in [-0.2, -0.15) is 5.10 Å². The number of carboxylic acid groups (broad SMARTS) is 1. The van der Waals surface area contributed by atoms with Crippen molar-refractivity contribution in [2.45, 2.75) is 31.6 Å². The molecule has 6 nitrogen and oxygen atoms in total. The van der Waals surface area contributed by atoms with E-state index < -0.39 is 12.0 Å². The Balaban J connectivity index is 1.52. The molecule has 4 rings (SSSR count). The van der Waals surface area contributed by atoms with Crippen LogP contribution in [0, 0.1) is 0 Å². The number of hydrogen-bond donors (Lipinski definition) is 3. The first kappa shape index (κ1) is 18.4. The summed E-state index contributed by atoms with van der Waals surface area (Å²) in [6, 6.07) is 20.1. The quantitative estimate of drug-likeness (QED) is 0.590. The van der Waals surface area contributed by atoms with Gasteiger partial charge in [-0.05, 0) is 12.0 Å². The first-order chi connectivity index (χ1) is 13.7. The van der Waals surface area contributed by atoms with E-state index in [2.05, 4.69) is 41.1 Å². The number of carboxylic acids is 1. The molecular formula is C22H24N4O2. The van der Waals surface area contributed by atoms with Gasteiger partial charge in [-0.3, -0.25) is 9.48 Å². The third-order valence-corrected chi connectivity index (χ3v) is 5.08. The maximum atomic E-state index is 11.1. The summed E-state index contributed by atoms with van der Waals surface area (Å²) >= 11 is 0. The predicted molar refractivity (Wildman–Crippen MR) is 108 cm³/mol. The maximum absolute atomic E-state index is 11.1. The minimum atomic E-state index is -0.787. The highest BCUT2D eigenvalue weighted by Crippen LogP contribution is 2.23. The molecule has 0 amide bonds. The molecule has 2 heterocycles. The van der Waals surface area contributed by atoms with Crippen LogP contribution in [-0.2, 0) is 17.9 Å². The van der Waals surface area contributed by atoms with Crippen LogP contribution in [0.5, 0.6) is 0 Å². The van der Waals surface area contributed by atoms with Crippen molar-refractivity contribution in [3.05, 3.63) is 78.0 Å². The lowest BCUT2D eigenvalue weighted by Gasteiger charge is -2.11. The van der Waals surface area contributed by atoms with Gasteiger partial charge in [-0.25, -0.2) is 0 Å². The van der Waals surface area contributed by atoms with Crippen molar-refractivity contribution >= 4 is 5.97 Å². The van der Waals surface area contributed by atoms with Crippen LogP contribution < -0.4 is 10.6 Å². The van der Waals surface area contributed by atoms with Crippen molar-refractivity contribution in [2.75, 3.05) is 6.54 Å². The van der Waals surface area contributed by atoms with E-state index in [1.54, 1.807) is 0 Å². The summed E-state index contributed by atoms with van der Waals surface area (Å²) in [6.45, 7) is 2.03. The van der Waals surface area contributed by atoms with Crippen molar-refractivity contribution < 1.29 is 9.90 Å². The lowest BCUT2D eigenvalue weighted by atomic mass is 10.1. The van der Waals surface area contributed by atoms with E-state index in [1.807, 2.05) is 41.1 Å². The Morgan fingerprint density at radius 2 is 1.86 bits per heavy atom. The minimum absolute atomic E-state index is 0.141. The molecule has 3 N–H and O–H groups in total. The van der Waals surface area contributed by atoms with Gasteiger partial charge in [0.05, 0.1) is 12.2 Å². The van der Waals surface area contributed by atoms with Crippen LogP contribution in [0.25, 0.3) is 11.3 Å². The Morgan fingerprint density at radius 3 is 2.54 bits per heavy atom. The van der Waals surface area contributed by atoms with Gasteiger partial charge in [-0.1, -0.05) is 60.7 Å². The summed E-state index contributed by atoms with van der Waals surface area (Å²) in [6.07, 6.45) is 2.67. The van der Waals surface area contributed by atoms with Crippen LogP contribution in [0.3, 0.4) is 0 Å². The summed E-state index contributed by atoms with van der Waals surface area (Å²) < 4.78 is 1.97. The number of aliphatic carboxylic acids is 1. The molecular weight excluding hydrogens is 352 g/mol.